The molecule has 6 heteroatoms. The molecule has 0 spiro atoms. The molecule has 0 aliphatic heterocycles. The van der Waals surface area contributed by atoms with Crippen molar-refractivity contribution < 1.29 is 14.7 Å². The van der Waals surface area contributed by atoms with Gasteiger partial charge < -0.3 is 10.4 Å². The van der Waals surface area contributed by atoms with Crippen LogP contribution in [0.25, 0.3) is 0 Å². The Kier molecular flexibility index (Phi) is 5.19. The number of aromatic nitrogens is 2. The Balaban J connectivity index is 1.99. The van der Waals surface area contributed by atoms with E-state index in [9.17, 15) is 14.7 Å². The van der Waals surface area contributed by atoms with Crippen molar-refractivity contribution in [3.05, 3.63) is 59.7 Å². The number of aryl methyl sites for hydroxylation is 2. The van der Waals surface area contributed by atoms with Gasteiger partial charge in [0.05, 0.1) is 5.69 Å². The molecule has 22 heavy (non-hydrogen) atoms. The lowest BCUT2D eigenvalue weighted by atomic mass is 10.0. The normalized spacial score (nSPS) is 11.7. The van der Waals surface area contributed by atoms with Crippen molar-refractivity contribution in [2.24, 2.45) is 0 Å². The second kappa shape index (κ2) is 7.31. The highest BCUT2D eigenvalue weighted by Crippen LogP contribution is 2.15. The number of nitrogens with one attached hydrogen (secondary N) is 1. The topological polar surface area (TPSA) is 92.2 Å². The van der Waals surface area contributed by atoms with Gasteiger partial charge in [0, 0.05) is 25.0 Å². The van der Waals surface area contributed by atoms with Gasteiger partial charge in [-0.25, -0.2) is 4.79 Å². The molecule has 0 radical (unpaired) electrons. The van der Waals surface area contributed by atoms with Gasteiger partial charge in [-0.15, -0.1) is 0 Å². The summed E-state index contributed by atoms with van der Waals surface area (Å²) in [6.07, 6.45) is 5.28. The lowest BCUT2D eigenvalue weighted by Crippen LogP contribution is -2.33. The van der Waals surface area contributed by atoms with Crippen LogP contribution in [0, 0.1) is 6.92 Å². The smallest absolute Gasteiger partial charge is 0.330 e. The van der Waals surface area contributed by atoms with E-state index >= 15 is 0 Å². The number of benzene rings is 1. The van der Waals surface area contributed by atoms with Crippen LogP contribution in [0.15, 0.2) is 42.9 Å². The summed E-state index contributed by atoms with van der Waals surface area (Å²) in [6, 6.07) is 6.04. The Hall–Kier alpha value is -2.76. The molecule has 0 aliphatic rings. The first-order chi connectivity index (χ1) is 10.6. The summed E-state index contributed by atoms with van der Waals surface area (Å²) in [5, 5.41) is 11.9. The zero-order valence-corrected chi connectivity index (χ0v) is 12.2. The molecule has 2 N–H and O–H groups in total. The summed E-state index contributed by atoms with van der Waals surface area (Å²) in [5.41, 5.74) is 2.19. The summed E-state index contributed by atoms with van der Waals surface area (Å²) in [6.45, 7) is 1.87. The number of hydrogen-bond donors (Lipinski definition) is 2. The maximum absolute atomic E-state index is 12.0. The summed E-state index contributed by atoms with van der Waals surface area (Å²) >= 11 is 0. The van der Waals surface area contributed by atoms with Crippen molar-refractivity contribution in [3.8, 4) is 0 Å². The maximum Gasteiger partial charge on any atom is 0.330 e. The van der Waals surface area contributed by atoms with Crippen LogP contribution in [0.3, 0.4) is 0 Å². The first-order valence-electron chi connectivity index (χ1n) is 6.90. The maximum atomic E-state index is 12.0. The van der Waals surface area contributed by atoms with Crippen LogP contribution < -0.4 is 5.32 Å². The second-order valence-corrected chi connectivity index (χ2v) is 4.95. The molecular weight excluding hydrogens is 282 g/mol. The lowest BCUT2D eigenvalue weighted by Gasteiger charge is -2.15. The van der Waals surface area contributed by atoms with E-state index in [2.05, 4.69) is 15.3 Å². The molecule has 1 aromatic carbocycles. The Bertz CT molecular complexity index is 659. The van der Waals surface area contributed by atoms with Crippen LogP contribution in [0.4, 0.5) is 0 Å². The van der Waals surface area contributed by atoms with E-state index in [1.54, 1.807) is 36.8 Å². The predicted octanol–water partition coefficient (Wildman–Crippen LogP) is 1.66. The molecule has 1 aromatic heterocycles. The van der Waals surface area contributed by atoms with Crippen LogP contribution in [-0.2, 0) is 16.0 Å². The molecule has 0 saturated carbocycles. The third-order valence-electron chi connectivity index (χ3n) is 3.15. The zero-order chi connectivity index (χ0) is 15.9. The third kappa shape index (κ3) is 4.37. The molecule has 1 amide bonds. The van der Waals surface area contributed by atoms with E-state index in [4.69, 9.17) is 0 Å². The van der Waals surface area contributed by atoms with E-state index in [0.717, 1.165) is 5.56 Å². The minimum absolute atomic E-state index is 0.161. The number of carbonyl (C=O) groups excluding carboxylic acids is 1. The fourth-order valence-corrected chi connectivity index (χ4v) is 2.07. The molecule has 1 atom stereocenters. The van der Waals surface area contributed by atoms with E-state index < -0.39 is 12.0 Å². The van der Waals surface area contributed by atoms with Gasteiger partial charge in [0.25, 0.3) is 0 Å². The highest BCUT2D eigenvalue weighted by molar-refractivity contribution is 5.84. The van der Waals surface area contributed by atoms with Crippen molar-refractivity contribution >= 4 is 11.9 Å². The Labute approximate surface area is 128 Å². The fourth-order valence-electron chi connectivity index (χ4n) is 2.07. The molecule has 6 nitrogen and oxygen atoms in total. The van der Waals surface area contributed by atoms with Crippen LogP contribution >= 0.6 is 0 Å². The van der Waals surface area contributed by atoms with Gasteiger partial charge in [0.2, 0.25) is 5.91 Å². The standard InChI is InChI=1S/C16H17N3O3/c1-11-3-2-4-12(9-11)15(16(21)22)19-14(20)6-5-13-10-17-7-8-18-13/h2-4,7-10,15H,5-6H2,1H3,(H,19,20)(H,21,22)/t15-/m0/s1. The van der Waals surface area contributed by atoms with Gasteiger partial charge in [0.1, 0.15) is 0 Å². The van der Waals surface area contributed by atoms with Crippen molar-refractivity contribution in [1.29, 1.82) is 0 Å². The van der Waals surface area contributed by atoms with Crippen LogP contribution in [-0.4, -0.2) is 27.0 Å². The lowest BCUT2D eigenvalue weighted by molar-refractivity contribution is -0.142. The van der Waals surface area contributed by atoms with Crippen LogP contribution in [0.5, 0.6) is 0 Å². The summed E-state index contributed by atoms with van der Waals surface area (Å²) in [7, 11) is 0. The number of nitrogens with zero attached hydrogens (tertiary/aromatic N) is 2. The number of rotatable bonds is 6. The molecule has 0 saturated heterocycles. The number of hydrogen-bond acceptors (Lipinski definition) is 4. The number of carboxylic acid groups (broad SMARTS) is 1. The molecule has 2 aromatic rings. The van der Waals surface area contributed by atoms with E-state index in [0.29, 0.717) is 17.7 Å². The van der Waals surface area contributed by atoms with Crippen molar-refractivity contribution in [2.45, 2.75) is 25.8 Å². The molecule has 0 fully saturated rings. The zero-order valence-electron chi connectivity index (χ0n) is 12.2. The largest absolute Gasteiger partial charge is 0.479 e. The van der Waals surface area contributed by atoms with E-state index in [1.165, 1.54) is 0 Å². The molecule has 0 bridgehead atoms. The van der Waals surface area contributed by atoms with Gasteiger partial charge >= 0.3 is 5.97 Å². The molecule has 0 unspecified atom stereocenters. The SMILES string of the molecule is Cc1cccc([C@H](NC(=O)CCc2cnccn2)C(=O)O)c1. The van der Waals surface area contributed by atoms with E-state index in [1.807, 2.05) is 13.0 Å². The molecule has 0 aliphatic carbocycles. The number of aliphatic carboxylic acids is 1. The average molecular weight is 299 g/mol. The van der Waals surface area contributed by atoms with Crippen molar-refractivity contribution in [2.75, 3.05) is 0 Å². The first kappa shape index (κ1) is 15.6. The van der Waals surface area contributed by atoms with Crippen LogP contribution in [0.2, 0.25) is 0 Å². The van der Waals surface area contributed by atoms with Crippen LogP contribution in [0.1, 0.15) is 29.3 Å². The van der Waals surface area contributed by atoms with Gasteiger partial charge in [-0.2, -0.15) is 0 Å². The van der Waals surface area contributed by atoms with Gasteiger partial charge in [-0.05, 0) is 18.9 Å². The molecule has 2 rings (SSSR count). The predicted molar refractivity (Wildman–Crippen MR) is 80.1 cm³/mol. The van der Waals surface area contributed by atoms with Gasteiger partial charge in [-0.3, -0.25) is 14.8 Å². The highest BCUT2D eigenvalue weighted by atomic mass is 16.4. The molecule has 114 valence electrons. The number of carboxylic acids is 1. The second-order valence-electron chi connectivity index (χ2n) is 4.95. The molecule has 1 heterocycles. The summed E-state index contributed by atoms with van der Waals surface area (Å²) in [4.78, 5) is 31.3. The number of carbonyl (C=O) groups is 2. The Morgan fingerprint density at radius 1 is 1.32 bits per heavy atom. The molecular formula is C16H17N3O3. The minimum atomic E-state index is -1.08. The highest BCUT2D eigenvalue weighted by Gasteiger charge is 2.21. The fraction of sp³-hybridized carbons (Fsp3) is 0.250. The van der Waals surface area contributed by atoms with Gasteiger partial charge in [0.15, 0.2) is 6.04 Å². The Morgan fingerprint density at radius 2 is 2.14 bits per heavy atom. The Morgan fingerprint density at radius 3 is 2.77 bits per heavy atom. The minimum Gasteiger partial charge on any atom is -0.479 e. The number of amides is 1. The van der Waals surface area contributed by atoms with E-state index in [-0.39, 0.29) is 12.3 Å². The third-order valence-corrected chi connectivity index (χ3v) is 3.15. The van der Waals surface area contributed by atoms with Crippen molar-refractivity contribution in [1.82, 2.24) is 15.3 Å². The monoisotopic (exact) mass is 299 g/mol. The first-order valence-corrected chi connectivity index (χ1v) is 6.90. The van der Waals surface area contributed by atoms with Crippen molar-refractivity contribution in [3.63, 3.8) is 0 Å². The van der Waals surface area contributed by atoms with Gasteiger partial charge in [-0.1, -0.05) is 29.8 Å². The average Bonchev–Trinajstić information content (AvgIpc) is 2.51. The summed E-state index contributed by atoms with van der Waals surface area (Å²) < 4.78 is 0. The summed E-state index contributed by atoms with van der Waals surface area (Å²) in [5.74, 6) is -1.42. The quantitative estimate of drug-likeness (QED) is 0.846.